The van der Waals surface area contributed by atoms with Crippen molar-refractivity contribution in [1.29, 1.82) is 0 Å². The van der Waals surface area contributed by atoms with Crippen LogP contribution >= 0.6 is 0 Å². The van der Waals surface area contributed by atoms with Crippen LogP contribution in [0.2, 0.25) is 0 Å². The summed E-state index contributed by atoms with van der Waals surface area (Å²) in [5.74, 6) is -1.27. The predicted molar refractivity (Wildman–Crippen MR) is 113 cm³/mol. The molecular formula is C25H18F2N2O. The molecule has 0 saturated heterocycles. The number of benzene rings is 3. The number of aryl methyl sites for hydroxylation is 1. The maximum absolute atomic E-state index is 13.6. The molecule has 1 unspecified atom stereocenters. The van der Waals surface area contributed by atoms with Crippen LogP contribution in [-0.4, -0.2) is 10.8 Å². The summed E-state index contributed by atoms with van der Waals surface area (Å²) < 4.78 is 27.1. The van der Waals surface area contributed by atoms with E-state index in [-0.39, 0.29) is 11.6 Å². The van der Waals surface area contributed by atoms with Crippen LogP contribution < -0.4 is 5.32 Å². The van der Waals surface area contributed by atoms with E-state index in [2.05, 4.69) is 28.5 Å². The zero-order valence-electron chi connectivity index (χ0n) is 16.0. The van der Waals surface area contributed by atoms with Gasteiger partial charge >= 0.3 is 0 Å². The van der Waals surface area contributed by atoms with Gasteiger partial charge in [-0.3, -0.25) is 4.79 Å². The van der Waals surface area contributed by atoms with Crippen molar-refractivity contribution in [3.63, 3.8) is 0 Å². The number of hydrogen-bond donors (Lipinski definition) is 1. The number of aromatic nitrogens is 1. The van der Waals surface area contributed by atoms with Crippen LogP contribution in [0.15, 0.2) is 72.8 Å². The lowest BCUT2D eigenvalue weighted by molar-refractivity contribution is 0.103. The normalized spacial score (nSPS) is 15.2. The lowest BCUT2D eigenvalue weighted by Crippen LogP contribution is -2.09. The van der Waals surface area contributed by atoms with Gasteiger partial charge in [-0.05, 0) is 54.3 Å². The van der Waals surface area contributed by atoms with Crippen LogP contribution in [0.3, 0.4) is 0 Å². The monoisotopic (exact) mass is 400 g/mol. The summed E-state index contributed by atoms with van der Waals surface area (Å²) in [4.78, 5) is 17.6. The molecule has 3 nitrogen and oxygen atoms in total. The van der Waals surface area contributed by atoms with Gasteiger partial charge in [0.05, 0.1) is 11.6 Å². The first-order chi connectivity index (χ1) is 14.6. The molecule has 0 saturated carbocycles. The molecule has 0 fully saturated rings. The highest BCUT2D eigenvalue weighted by atomic mass is 19.1. The minimum absolute atomic E-state index is 0.0234. The van der Waals surface area contributed by atoms with E-state index in [0.717, 1.165) is 36.9 Å². The first-order valence-corrected chi connectivity index (χ1v) is 9.83. The number of halogens is 2. The fourth-order valence-electron chi connectivity index (χ4n) is 4.16. The molecule has 0 amide bonds. The van der Waals surface area contributed by atoms with Gasteiger partial charge in [0.25, 0.3) is 0 Å². The van der Waals surface area contributed by atoms with Gasteiger partial charge in [0.15, 0.2) is 5.78 Å². The molecule has 1 aliphatic carbocycles. The Morgan fingerprint density at radius 2 is 1.73 bits per heavy atom. The molecule has 1 N–H and O–H groups in total. The molecule has 4 aromatic rings. The second-order valence-corrected chi connectivity index (χ2v) is 7.49. The maximum Gasteiger partial charge on any atom is 0.193 e. The highest BCUT2D eigenvalue weighted by Gasteiger charge is 2.22. The Morgan fingerprint density at radius 3 is 2.57 bits per heavy atom. The Balaban J connectivity index is 1.48. The molecular weight excluding hydrogens is 382 g/mol. The van der Waals surface area contributed by atoms with Crippen LogP contribution in [0, 0.1) is 11.6 Å². The molecule has 1 atom stereocenters. The molecule has 30 heavy (non-hydrogen) atoms. The number of pyridine rings is 1. The number of nitrogens with zero attached hydrogens (tertiary/aromatic N) is 1. The van der Waals surface area contributed by atoms with Crippen molar-refractivity contribution in [2.75, 3.05) is 5.32 Å². The summed E-state index contributed by atoms with van der Waals surface area (Å²) in [6, 6.07) is 20.3. The van der Waals surface area contributed by atoms with E-state index in [4.69, 9.17) is 0 Å². The smallest absolute Gasteiger partial charge is 0.193 e. The summed E-state index contributed by atoms with van der Waals surface area (Å²) in [5.41, 5.74) is 3.63. The second kappa shape index (κ2) is 7.34. The van der Waals surface area contributed by atoms with E-state index >= 15 is 0 Å². The molecule has 3 aromatic carbocycles. The van der Waals surface area contributed by atoms with E-state index < -0.39 is 17.4 Å². The Bertz CT molecular complexity index is 1270. The van der Waals surface area contributed by atoms with Gasteiger partial charge in [-0.1, -0.05) is 36.4 Å². The van der Waals surface area contributed by atoms with E-state index in [0.29, 0.717) is 16.5 Å². The van der Waals surface area contributed by atoms with Crippen LogP contribution in [-0.2, 0) is 6.42 Å². The third kappa shape index (κ3) is 3.32. The van der Waals surface area contributed by atoms with E-state index in [9.17, 15) is 13.6 Å². The van der Waals surface area contributed by atoms with Gasteiger partial charge in [0, 0.05) is 22.6 Å². The molecule has 1 heterocycles. The molecule has 0 aliphatic heterocycles. The SMILES string of the molecule is O=C(c1cc(F)cc(F)c1)c1cccc2nc(NC3CCc4ccccc43)ccc12. The van der Waals surface area contributed by atoms with Crippen molar-refractivity contribution in [2.24, 2.45) is 0 Å². The van der Waals surface area contributed by atoms with Crippen molar-refractivity contribution < 1.29 is 13.6 Å². The average Bonchev–Trinajstić information content (AvgIpc) is 3.15. The van der Waals surface area contributed by atoms with Crippen molar-refractivity contribution in [2.45, 2.75) is 18.9 Å². The molecule has 0 bridgehead atoms. The molecule has 148 valence electrons. The highest BCUT2D eigenvalue weighted by molar-refractivity contribution is 6.16. The van der Waals surface area contributed by atoms with Crippen LogP contribution in [0.4, 0.5) is 14.6 Å². The zero-order valence-corrected chi connectivity index (χ0v) is 16.0. The minimum Gasteiger partial charge on any atom is -0.363 e. The van der Waals surface area contributed by atoms with Crippen LogP contribution in [0.5, 0.6) is 0 Å². The topological polar surface area (TPSA) is 42.0 Å². The third-order valence-corrected chi connectivity index (χ3v) is 5.56. The molecule has 1 aliphatic rings. The zero-order chi connectivity index (χ0) is 20.7. The van der Waals surface area contributed by atoms with Gasteiger partial charge in [-0.25, -0.2) is 13.8 Å². The summed E-state index contributed by atoms with van der Waals surface area (Å²) >= 11 is 0. The first-order valence-electron chi connectivity index (χ1n) is 9.83. The van der Waals surface area contributed by atoms with Gasteiger partial charge in [-0.15, -0.1) is 0 Å². The van der Waals surface area contributed by atoms with Crippen molar-refractivity contribution in [3.05, 3.63) is 107 Å². The number of rotatable bonds is 4. The van der Waals surface area contributed by atoms with Crippen molar-refractivity contribution in [1.82, 2.24) is 4.98 Å². The van der Waals surface area contributed by atoms with E-state index in [1.807, 2.05) is 24.3 Å². The average molecular weight is 400 g/mol. The van der Waals surface area contributed by atoms with E-state index in [1.165, 1.54) is 11.1 Å². The number of anilines is 1. The first kappa shape index (κ1) is 18.4. The predicted octanol–water partition coefficient (Wildman–Crippen LogP) is 5.84. The number of hydrogen-bond acceptors (Lipinski definition) is 3. The summed E-state index contributed by atoms with van der Waals surface area (Å²) in [6.07, 6.45) is 2.03. The quantitative estimate of drug-likeness (QED) is 0.438. The largest absolute Gasteiger partial charge is 0.363 e. The van der Waals surface area contributed by atoms with Gasteiger partial charge < -0.3 is 5.32 Å². The van der Waals surface area contributed by atoms with Crippen LogP contribution in [0.25, 0.3) is 10.9 Å². The lowest BCUT2D eigenvalue weighted by atomic mass is 9.99. The minimum atomic E-state index is -0.778. The highest BCUT2D eigenvalue weighted by Crippen LogP contribution is 2.33. The third-order valence-electron chi connectivity index (χ3n) is 5.56. The lowest BCUT2D eigenvalue weighted by Gasteiger charge is -2.15. The van der Waals surface area contributed by atoms with Crippen molar-refractivity contribution in [3.8, 4) is 0 Å². The Labute approximate surface area is 172 Å². The molecule has 5 rings (SSSR count). The molecule has 5 heteroatoms. The van der Waals surface area contributed by atoms with Gasteiger partial charge in [0.1, 0.15) is 17.5 Å². The number of ketones is 1. The number of fused-ring (bicyclic) bond motifs is 2. The molecule has 0 radical (unpaired) electrons. The molecule has 0 spiro atoms. The Hall–Kier alpha value is -3.60. The maximum atomic E-state index is 13.6. The number of carbonyl (C=O) groups excluding carboxylic acids is 1. The Kier molecular flexibility index (Phi) is 4.51. The standard InChI is InChI=1S/C25H18F2N2O/c26-17-12-16(13-18(27)14-17)25(30)21-6-3-7-22-20(21)9-11-24(28-22)29-23-10-8-15-4-1-2-5-19(15)23/h1-7,9,11-14,23H,8,10H2,(H,28,29). The van der Waals surface area contributed by atoms with E-state index in [1.54, 1.807) is 12.1 Å². The summed E-state index contributed by atoms with van der Waals surface area (Å²) in [5, 5.41) is 4.13. The van der Waals surface area contributed by atoms with Gasteiger partial charge in [-0.2, -0.15) is 0 Å². The Morgan fingerprint density at radius 1 is 0.933 bits per heavy atom. The fraction of sp³-hybridized carbons (Fsp3) is 0.120. The molecule has 1 aromatic heterocycles. The van der Waals surface area contributed by atoms with Crippen LogP contribution in [0.1, 0.15) is 39.5 Å². The second-order valence-electron chi connectivity index (χ2n) is 7.49. The fourth-order valence-corrected chi connectivity index (χ4v) is 4.16. The van der Waals surface area contributed by atoms with Crippen molar-refractivity contribution >= 4 is 22.5 Å². The summed E-state index contributed by atoms with van der Waals surface area (Å²) in [6.45, 7) is 0. The number of nitrogens with one attached hydrogen (secondary N) is 1. The number of carbonyl (C=O) groups is 1. The summed E-state index contributed by atoms with van der Waals surface area (Å²) in [7, 11) is 0. The van der Waals surface area contributed by atoms with Gasteiger partial charge in [0.2, 0.25) is 0 Å².